The first-order valence-corrected chi connectivity index (χ1v) is 15.4. The minimum atomic E-state index is -1.98. The van der Waals surface area contributed by atoms with E-state index in [2.05, 4.69) is 5.32 Å². The van der Waals surface area contributed by atoms with Crippen LogP contribution in [0.15, 0.2) is 0 Å². The van der Waals surface area contributed by atoms with Crippen LogP contribution in [0, 0.1) is 5.41 Å². The van der Waals surface area contributed by atoms with E-state index in [-0.39, 0.29) is 70.9 Å². The van der Waals surface area contributed by atoms with Gasteiger partial charge in [0.2, 0.25) is 11.8 Å². The number of amides is 2. The molecule has 2 amide bonds. The molecule has 2 heterocycles. The molecule has 0 spiro atoms. The minimum absolute atomic E-state index is 0. The van der Waals surface area contributed by atoms with E-state index in [0.29, 0.717) is 12.8 Å². The number of carboxylic acid groups (broad SMARTS) is 2. The van der Waals surface area contributed by atoms with Gasteiger partial charge in [0.1, 0.15) is 0 Å². The zero-order chi connectivity index (χ0) is 29.4. The van der Waals surface area contributed by atoms with Crippen LogP contribution in [-0.4, -0.2) is 84.9 Å². The van der Waals surface area contributed by atoms with Crippen molar-refractivity contribution in [2.24, 2.45) is 16.9 Å². The fraction of sp³-hybridized carbons (Fsp3) is 0.862. The molecule has 238 valence electrons. The molecule has 2 saturated heterocycles. The number of piperazine rings is 1. The number of carboxylic acids is 2. The molecule has 3 fully saturated rings. The number of nitrogens with one attached hydrogen (secondary N) is 1. The van der Waals surface area contributed by atoms with Crippen molar-refractivity contribution in [1.82, 2.24) is 15.1 Å². The molecular formula is C29H51N5O6Pt. The van der Waals surface area contributed by atoms with E-state index >= 15 is 0 Å². The number of unbranched alkanes of at least 4 members (excludes halogenated alkanes) is 7. The molecule has 41 heavy (non-hydrogen) atoms. The van der Waals surface area contributed by atoms with E-state index in [9.17, 15) is 29.4 Å². The van der Waals surface area contributed by atoms with E-state index in [1.807, 2.05) is 4.90 Å². The monoisotopic (exact) mass is 760 g/mol. The Labute approximate surface area is 259 Å². The number of piperidine rings is 1. The summed E-state index contributed by atoms with van der Waals surface area (Å²) in [6.07, 6.45) is 13.7. The Hall–Kier alpha value is -1.55. The van der Waals surface area contributed by atoms with Crippen molar-refractivity contribution in [2.45, 2.75) is 115 Å². The Morgan fingerprint density at radius 1 is 0.659 bits per heavy atom. The second-order valence-corrected chi connectivity index (χ2v) is 11.6. The quantitative estimate of drug-likeness (QED) is 0.167. The van der Waals surface area contributed by atoms with Crippen molar-refractivity contribution in [2.75, 3.05) is 39.3 Å². The molecule has 0 aromatic rings. The third kappa shape index (κ3) is 13.1. The van der Waals surface area contributed by atoms with Crippen molar-refractivity contribution in [3.05, 3.63) is 0 Å². The molecule has 0 aromatic heterocycles. The van der Waals surface area contributed by atoms with Gasteiger partial charge in [0.25, 0.3) is 0 Å². The SMILES string of the molecule is N[C@@H]1CCCC[C@H]1N.O=C(CCCCCCCCCCC(=O)N1CCC(C(=O)[O-])(C(=O)[O-])CC1)N1CCNCC1.[Pt+2]. The molecule has 1 aliphatic carbocycles. The van der Waals surface area contributed by atoms with Gasteiger partial charge in [0.05, 0.1) is 17.4 Å². The predicted octanol–water partition coefficient (Wildman–Crippen LogP) is -0.360. The number of aliphatic carboxylic acids is 2. The maximum Gasteiger partial charge on any atom is 2.00 e. The maximum atomic E-state index is 12.3. The second kappa shape index (κ2) is 20.4. The zero-order valence-corrected chi connectivity index (χ0v) is 26.8. The molecule has 2 atom stereocenters. The van der Waals surface area contributed by atoms with Crippen LogP contribution < -0.4 is 27.0 Å². The van der Waals surface area contributed by atoms with Crippen molar-refractivity contribution in [1.29, 1.82) is 0 Å². The fourth-order valence-corrected chi connectivity index (χ4v) is 5.66. The Bertz CT molecular complexity index is 777. The van der Waals surface area contributed by atoms with Crippen LogP contribution in [0.1, 0.15) is 103 Å². The van der Waals surface area contributed by atoms with Gasteiger partial charge in [-0.1, -0.05) is 51.4 Å². The number of carbonyl (C=O) groups excluding carboxylic acids is 4. The molecule has 0 aromatic carbocycles. The zero-order valence-electron chi connectivity index (χ0n) is 24.5. The van der Waals surface area contributed by atoms with Crippen molar-refractivity contribution in [3.63, 3.8) is 0 Å². The topological polar surface area (TPSA) is 185 Å². The van der Waals surface area contributed by atoms with Gasteiger partial charge < -0.3 is 46.4 Å². The average molecular weight is 761 g/mol. The molecule has 2 aliphatic heterocycles. The number of nitrogens with zero attached hydrogens (tertiary/aromatic N) is 2. The van der Waals surface area contributed by atoms with Crippen molar-refractivity contribution in [3.8, 4) is 0 Å². The Morgan fingerprint density at radius 3 is 1.39 bits per heavy atom. The van der Waals surface area contributed by atoms with Gasteiger partial charge in [-0.15, -0.1) is 0 Å². The fourth-order valence-electron chi connectivity index (χ4n) is 5.66. The molecule has 5 N–H and O–H groups in total. The summed E-state index contributed by atoms with van der Waals surface area (Å²) in [6.45, 7) is 3.64. The summed E-state index contributed by atoms with van der Waals surface area (Å²) in [6, 6.07) is 0.562. The first-order chi connectivity index (χ1) is 19.2. The van der Waals surface area contributed by atoms with Gasteiger partial charge in [-0.2, -0.15) is 0 Å². The molecule has 11 nitrogen and oxygen atoms in total. The van der Waals surface area contributed by atoms with Gasteiger partial charge >= 0.3 is 21.1 Å². The van der Waals surface area contributed by atoms with E-state index in [0.717, 1.165) is 90.4 Å². The van der Waals surface area contributed by atoms with Gasteiger partial charge in [-0.05, 0) is 38.5 Å². The minimum Gasteiger partial charge on any atom is -0.549 e. The smallest absolute Gasteiger partial charge is 0.549 e. The van der Waals surface area contributed by atoms with Gasteiger partial charge in [-0.3, -0.25) is 9.59 Å². The molecule has 0 radical (unpaired) electrons. The van der Waals surface area contributed by atoms with E-state index in [1.165, 1.54) is 12.8 Å². The predicted molar refractivity (Wildman–Crippen MR) is 148 cm³/mol. The van der Waals surface area contributed by atoms with Crippen LogP contribution in [0.25, 0.3) is 0 Å². The summed E-state index contributed by atoms with van der Waals surface area (Å²) in [5, 5.41) is 25.6. The van der Waals surface area contributed by atoms with Crippen molar-refractivity contribution >= 4 is 23.8 Å². The largest absolute Gasteiger partial charge is 2.00 e. The number of rotatable bonds is 13. The maximum absolute atomic E-state index is 12.3. The number of likely N-dealkylation sites (tertiary alicyclic amines) is 1. The molecule has 0 unspecified atom stereocenters. The molecule has 3 rings (SSSR count). The molecule has 1 saturated carbocycles. The van der Waals surface area contributed by atoms with E-state index < -0.39 is 17.4 Å². The number of hydrogen-bond acceptors (Lipinski definition) is 9. The summed E-state index contributed by atoms with van der Waals surface area (Å²) in [7, 11) is 0. The van der Waals surface area contributed by atoms with E-state index in [1.54, 1.807) is 4.90 Å². The van der Waals surface area contributed by atoms with Gasteiger partial charge in [0, 0.05) is 64.2 Å². The molecule has 12 heteroatoms. The summed E-state index contributed by atoms with van der Waals surface area (Å²) < 4.78 is 0. The van der Waals surface area contributed by atoms with Gasteiger partial charge in [-0.25, -0.2) is 0 Å². The summed E-state index contributed by atoms with van der Waals surface area (Å²) >= 11 is 0. The molecular weight excluding hydrogens is 709 g/mol. The van der Waals surface area contributed by atoms with Crippen LogP contribution in [0.4, 0.5) is 0 Å². The number of nitrogens with two attached hydrogens (primary N) is 2. The molecule has 0 bridgehead atoms. The third-order valence-corrected chi connectivity index (χ3v) is 8.63. The summed E-state index contributed by atoms with van der Waals surface area (Å²) in [4.78, 5) is 50.2. The van der Waals surface area contributed by atoms with Crippen LogP contribution >= 0.6 is 0 Å². The Kier molecular flexibility index (Phi) is 18.6. The summed E-state index contributed by atoms with van der Waals surface area (Å²) in [5.74, 6) is -3.04. The second-order valence-electron chi connectivity index (χ2n) is 11.6. The van der Waals surface area contributed by atoms with Crippen molar-refractivity contribution < 1.29 is 50.5 Å². The van der Waals surface area contributed by atoms with Crippen LogP contribution in [0.5, 0.6) is 0 Å². The summed E-state index contributed by atoms with van der Waals surface area (Å²) in [5.41, 5.74) is 9.33. The van der Waals surface area contributed by atoms with Gasteiger partial charge in [0.15, 0.2) is 0 Å². The van der Waals surface area contributed by atoms with E-state index in [4.69, 9.17) is 11.5 Å². The first kappa shape index (κ1) is 37.5. The first-order valence-electron chi connectivity index (χ1n) is 15.4. The van der Waals surface area contributed by atoms with Crippen LogP contribution in [-0.2, 0) is 40.2 Å². The normalized spacial score (nSPS) is 22.1. The Morgan fingerprint density at radius 2 is 1.02 bits per heavy atom. The number of hydrogen-bond donors (Lipinski definition) is 3. The molecule has 3 aliphatic rings. The standard InChI is InChI=1S/C23H39N3O6.C6H14N2.Pt/c27-19(25-15-11-23(12-16-25,21(29)30)22(31)32)9-7-5-3-1-2-4-6-8-10-20(28)26-17-13-24-14-18-26;7-5-3-1-2-4-6(5)8;/h24H,1-18H2,(H,29,30)(H,31,32);5-6H,1-4,7-8H2;/q;;+2/p-2/t;5-,6-;/m.1./s1. The van der Waals surface area contributed by atoms with Crippen LogP contribution in [0.3, 0.4) is 0 Å². The third-order valence-electron chi connectivity index (χ3n) is 8.63. The average Bonchev–Trinajstić information content (AvgIpc) is 2.96. The van der Waals surface area contributed by atoms with Crippen LogP contribution in [0.2, 0.25) is 0 Å². The Balaban J connectivity index is 0.000000801. The number of carbonyl (C=O) groups is 4.